The van der Waals surface area contributed by atoms with Crippen LogP contribution in [0.5, 0.6) is 0 Å². The number of likely N-dealkylation sites (N-methyl/N-ethyl adjacent to an activating group) is 1. The highest BCUT2D eigenvalue weighted by Crippen LogP contribution is 2.15. The maximum Gasteiger partial charge on any atom is 0.328 e. The number of aliphatic hydroxyl groups is 1. The predicted molar refractivity (Wildman–Crippen MR) is 83.9 cm³/mol. The smallest absolute Gasteiger partial charge is 0.328 e. The SMILES string of the molecule is CN1CCN(CC(CO)NC(=O)N(S)C(C)(C)C)CC1. The Labute approximate surface area is 127 Å². The zero-order valence-corrected chi connectivity index (χ0v) is 13.9. The third-order valence-corrected chi connectivity index (χ3v) is 4.23. The minimum Gasteiger partial charge on any atom is -0.394 e. The van der Waals surface area contributed by atoms with Gasteiger partial charge in [-0.1, -0.05) is 12.8 Å². The van der Waals surface area contributed by atoms with Crippen molar-refractivity contribution in [1.29, 1.82) is 0 Å². The fraction of sp³-hybridized carbons (Fsp3) is 0.923. The molecule has 0 aromatic rings. The van der Waals surface area contributed by atoms with Gasteiger partial charge in [-0.25, -0.2) is 4.79 Å². The lowest BCUT2D eigenvalue weighted by atomic mass is 10.1. The molecule has 1 fully saturated rings. The lowest BCUT2D eigenvalue weighted by Gasteiger charge is -2.36. The molecule has 1 atom stereocenters. The molecule has 1 aliphatic rings. The van der Waals surface area contributed by atoms with Crippen molar-refractivity contribution in [3.63, 3.8) is 0 Å². The fourth-order valence-corrected chi connectivity index (χ4v) is 2.09. The molecule has 1 rings (SSSR count). The summed E-state index contributed by atoms with van der Waals surface area (Å²) >= 11 is 4.22. The van der Waals surface area contributed by atoms with E-state index in [0.29, 0.717) is 6.54 Å². The number of nitrogens with zero attached hydrogens (tertiary/aromatic N) is 3. The summed E-state index contributed by atoms with van der Waals surface area (Å²) in [7, 11) is 2.10. The number of carbonyl (C=O) groups is 1. The van der Waals surface area contributed by atoms with Crippen LogP contribution in [-0.4, -0.2) is 83.2 Å². The first-order chi connectivity index (χ1) is 9.24. The maximum atomic E-state index is 12.1. The first-order valence-electron chi connectivity index (χ1n) is 7.05. The minimum atomic E-state index is -0.360. The second kappa shape index (κ2) is 7.49. The van der Waals surface area contributed by atoms with E-state index in [-0.39, 0.29) is 24.2 Å². The second-order valence-corrected chi connectivity index (χ2v) is 6.82. The van der Waals surface area contributed by atoms with Crippen LogP contribution in [0.1, 0.15) is 20.8 Å². The van der Waals surface area contributed by atoms with Gasteiger partial charge in [0, 0.05) is 38.3 Å². The monoisotopic (exact) mass is 304 g/mol. The van der Waals surface area contributed by atoms with Crippen molar-refractivity contribution >= 4 is 18.8 Å². The Hall–Kier alpha value is -0.500. The Kier molecular flexibility index (Phi) is 6.57. The van der Waals surface area contributed by atoms with Crippen LogP contribution in [0, 0.1) is 0 Å². The molecule has 1 aliphatic heterocycles. The molecular weight excluding hydrogens is 276 g/mol. The van der Waals surface area contributed by atoms with Crippen LogP contribution in [0.25, 0.3) is 0 Å². The maximum absolute atomic E-state index is 12.1. The van der Waals surface area contributed by atoms with E-state index in [4.69, 9.17) is 0 Å². The third-order valence-electron chi connectivity index (χ3n) is 3.45. The van der Waals surface area contributed by atoms with Crippen LogP contribution in [0.3, 0.4) is 0 Å². The quantitative estimate of drug-likeness (QED) is 0.652. The van der Waals surface area contributed by atoms with E-state index in [2.05, 4.69) is 35.0 Å². The Balaban J connectivity index is 2.45. The first kappa shape index (κ1) is 17.6. The van der Waals surface area contributed by atoms with Crippen molar-refractivity contribution in [1.82, 2.24) is 19.4 Å². The van der Waals surface area contributed by atoms with Crippen molar-refractivity contribution in [2.24, 2.45) is 0 Å². The van der Waals surface area contributed by atoms with Gasteiger partial charge in [-0.15, -0.1) is 0 Å². The number of aliphatic hydroxyl groups excluding tert-OH is 1. The van der Waals surface area contributed by atoms with Gasteiger partial charge in [0.05, 0.1) is 12.6 Å². The number of nitrogens with one attached hydrogen (secondary N) is 1. The van der Waals surface area contributed by atoms with E-state index in [1.54, 1.807) is 0 Å². The zero-order chi connectivity index (χ0) is 15.3. The van der Waals surface area contributed by atoms with Crippen LogP contribution in [0.2, 0.25) is 0 Å². The summed E-state index contributed by atoms with van der Waals surface area (Å²) in [5, 5.41) is 12.3. The minimum absolute atomic E-state index is 0.0656. The van der Waals surface area contributed by atoms with Crippen molar-refractivity contribution in [2.45, 2.75) is 32.4 Å². The molecule has 2 amide bonds. The van der Waals surface area contributed by atoms with Crippen LogP contribution in [0.15, 0.2) is 0 Å². The molecule has 0 bridgehead atoms. The van der Waals surface area contributed by atoms with Crippen molar-refractivity contribution in [3.05, 3.63) is 0 Å². The van der Waals surface area contributed by atoms with Gasteiger partial charge in [-0.2, -0.15) is 0 Å². The molecule has 2 N–H and O–H groups in total. The highest BCUT2D eigenvalue weighted by Gasteiger charge is 2.26. The average Bonchev–Trinajstić information content (AvgIpc) is 2.38. The van der Waals surface area contributed by atoms with Gasteiger partial charge >= 0.3 is 6.03 Å². The number of carbonyl (C=O) groups excluding carboxylic acids is 1. The molecule has 0 saturated carbocycles. The Morgan fingerprint density at radius 2 is 1.90 bits per heavy atom. The molecule has 0 spiro atoms. The highest BCUT2D eigenvalue weighted by atomic mass is 32.1. The molecule has 118 valence electrons. The Morgan fingerprint density at radius 1 is 1.35 bits per heavy atom. The number of rotatable bonds is 4. The highest BCUT2D eigenvalue weighted by molar-refractivity contribution is 7.78. The van der Waals surface area contributed by atoms with E-state index >= 15 is 0 Å². The Morgan fingerprint density at radius 3 is 2.35 bits per heavy atom. The lowest BCUT2D eigenvalue weighted by Crippen LogP contribution is -2.54. The predicted octanol–water partition coefficient (Wildman–Crippen LogP) is 0.250. The van der Waals surface area contributed by atoms with Crippen LogP contribution < -0.4 is 5.32 Å². The number of urea groups is 1. The largest absolute Gasteiger partial charge is 0.394 e. The van der Waals surface area contributed by atoms with Gasteiger partial charge < -0.3 is 15.3 Å². The van der Waals surface area contributed by atoms with E-state index < -0.39 is 0 Å². The van der Waals surface area contributed by atoms with Gasteiger partial charge in [-0.05, 0) is 27.8 Å². The molecule has 1 heterocycles. The molecule has 6 nitrogen and oxygen atoms in total. The van der Waals surface area contributed by atoms with Gasteiger partial charge in [-0.3, -0.25) is 9.21 Å². The van der Waals surface area contributed by atoms with Crippen LogP contribution >= 0.6 is 12.8 Å². The summed E-state index contributed by atoms with van der Waals surface area (Å²) in [5.74, 6) is 0. The second-order valence-electron chi connectivity index (χ2n) is 6.42. The molecule has 7 heteroatoms. The molecule has 1 unspecified atom stereocenters. The van der Waals surface area contributed by atoms with Gasteiger partial charge in [0.15, 0.2) is 0 Å². The van der Waals surface area contributed by atoms with E-state index in [1.807, 2.05) is 20.8 Å². The molecule has 0 aromatic carbocycles. The van der Waals surface area contributed by atoms with Gasteiger partial charge in [0.25, 0.3) is 0 Å². The summed E-state index contributed by atoms with van der Waals surface area (Å²) in [6.45, 7) is 10.3. The molecule has 0 aliphatic carbocycles. The zero-order valence-electron chi connectivity index (χ0n) is 13.0. The van der Waals surface area contributed by atoms with Gasteiger partial charge in [0.2, 0.25) is 0 Å². The third kappa shape index (κ3) is 5.47. The van der Waals surface area contributed by atoms with Crippen molar-refractivity contribution in [2.75, 3.05) is 46.4 Å². The summed E-state index contributed by atoms with van der Waals surface area (Å²) in [6.07, 6.45) is 0. The summed E-state index contributed by atoms with van der Waals surface area (Å²) in [5.41, 5.74) is -0.360. The number of hydrogen-bond acceptors (Lipinski definition) is 5. The van der Waals surface area contributed by atoms with Crippen LogP contribution in [0.4, 0.5) is 4.79 Å². The molecule has 0 radical (unpaired) electrons. The van der Waals surface area contributed by atoms with Gasteiger partial charge in [0.1, 0.15) is 0 Å². The summed E-state index contributed by atoms with van der Waals surface area (Å²) in [6, 6.07) is -0.531. The van der Waals surface area contributed by atoms with Crippen LogP contribution in [-0.2, 0) is 0 Å². The normalized spacial score (nSPS) is 19.7. The molecule has 0 aromatic heterocycles. The Bertz CT molecular complexity index is 314. The number of hydrogen-bond donors (Lipinski definition) is 3. The van der Waals surface area contributed by atoms with Crippen molar-refractivity contribution < 1.29 is 9.90 Å². The number of thiol groups is 1. The fourth-order valence-electron chi connectivity index (χ4n) is 2.03. The van der Waals surface area contributed by atoms with E-state index in [1.165, 1.54) is 4.31 Å². The van der Waals surface area contributed by atoms with Crippen molar-refractivity contribution in [3.8, 4) is 0 Å². The summed E-state index contributed by atoms with van der Waals surface area (Å²) < 4.78 is 1.36. The summed E-state index contributed by atoms with van der Waals surface area (Å²) in [4.78, 5) is 16.6. The molecular formula is C13H28N4O2S. The van der Waals surface area contributed by atoms with E-state index in [0.717, 1.165) is 26.2 Å². The molecule has 20 heavy (non-hydrogen) atoms. The molecule has 1 saturated heterocycles. The average molecular weight is 304 g/mol. The topological polar surface area (TPSA) is 59.1 Å². The lowest BCUT2D eigenvalue weighted by molar-refractivity contribution is 0.122. The standard InChI is InChI=1S/C13H28N4O2S/c1-13(2,3)17(20)12(19)14-11(10-18)9-16-7-5-15(4)6-8-16/h11,18,20H,5-10H2,1-4H3,(H,14,19). The van der Waals surface area contributed by atoms with E-state index in [9.17, 15) is 9.90 Å². The first-order valence-corrected chi connectivity index (χ1v) is 7.45. The number of amides is 2. The number of piperazine rings is 1.